The summed E-state index contributed by atoms with van der Waals surface area (Å²) in [5.74, 6) is 1.51. The Morgan fingerprint density at radius 2 is 1.66 bits per heavy atom. The first-order valence-corrected chi connectivity index (χ1v) is 11.3. The van der Waals surface area contributed by atoms with Gasteiger partial charge in [0.25, 0.3) is 0 Å². The number of rotatable bonds is 8. The van der Waals surface area contributed by atoms with E-state index in [0.717, 1.165) is 34.1 Å². The fraction of sp³-hybridized carbons (Fsp3) is 0.407. The summed E-state index contributed by atoms with van der Waals surface area (Å²) in [6.45, 7) is 12.7. The summed E-state index contributed by atoms with van der Waals surface area (Å²) in [4.78, 5) is 13.0. The second-order valence-electron chi connectivity index (χ2n) is 8.93. The van der Waals surface area contributed by atoms with Crippen molar-refractivity contribution >= 4 is 11.6 Å². The predicted molar refractivity (Wildman–Crippen MR) is 131 cm³/mol. The molecule has 0 bridgehead atoms. The molecule has 1 amide bonds. The molecule has 170 valence electrons. The van der Waals surface area contributed by atoms with Crippen LogP contribution in [0.2, 0.25) is 0 Å². The highest BCUT2D eigenvalue weighted by Crippen LogP contribution is 2.32. The minimum absolute atomic E-state index is 0.0351. The summed E-state index contributed by atoms with van der Waals surface area (Å²) in [5.41, 5.74) is 7.41. The molecule has 0 spiro atoms. The summed E-state index contributed by atoms with van der Waals surface area (Å²) in [7, 11) is 1.66. The molecule has 0 saturated heterocycles. The third-order valence-electron chi connectivity index (χ3n) is 5.98. The molecule has 0 atom stereocenters. The Morgan fingerprint density at radius 3 is 2.25 bits per heavy atom. The Morgan fingerprint density at radius 1 is 1.03 bits per heavy atom. The van der Waals surface area contributed by atoms with Crippen molar-refractivity contribution < 1.29 is 9.53 Å². The van der Waals surface area contributed by atoms with Crippen molar-refractivity contribution in [1.29, 1.82) is 0 Å². The first-order valence-electron chi connectivity index (χ1n) is 11.3. The number of nitrogens with zero attached hydrogens (tertiary/aromatic N) is 2. The molecular formula is C27H35N3O2. The Kier molecular flexibility index (Phi) is 7.39. The number of methoxy groups -OCH3 is 1. The lowest BCUT2D eigenvalue weighted by molar-refractivity contribution is -0.116. The largest absolute Gasteiger partial charge is 0.497 e. The number of para-hydroxylation sites is 1. The van der Waals surface area contributed by atoms with Crippen molar-refractivity contribution in [2.24, 2.45) is 0 Å². The number of carbonyl (C=O) groups is 1. The van der Waals surface area contributed by atoms with Gasteiger partial charge >= 0.3 is 0 Å². The summed E-state index contributed by atoms with van der Waals surface area (Å²) < 4.78 is 7.27. The first kappa shape index (κ1) is 23.6. The highest BCUT2D eigenvalue weighted by molar-refractivity contribution is 5.92. The Hall–Kier alpha value is -3.08. The number of benzene rings is 2. The maximum Gasteiger partial charge on any atom is 0.224 e. The van der Waals surface area contributed by atoms with Gasteiger partial charge in [0.15, 0.2) is 0 Å². The van der Waals surface area contributed by atoms with E-state index in [1.807, 2.05) is 35.9 Å². The second kappa shape index (κ2) is 10.0. The summed E-state index contributed by atoms with van der Waals surface area (Å²) >= 11 is 0. The zero-order valence-electron chi connectivity index (χ0n) is 20.3. The number of carbonyl (C=O) groups excluding carboxylic acids is 1. The Bertz CT molecular complexity index is 1070. The number of nitrogens with one attached hydrogen (secondary N) is 1. The molecule has 1 heterocycles. The van der Waals surface area contributed by atoms with Gasteiger partial charge in [0.05, 0.1) is 18.5 Å². The van der Waals surface area contributed by atoms with Gasteiger partial charge in [0.1, 0.15) is 5.75 Å². The first-order chi connectivity index (χ1) is 15.2. The molecule has 0 saturated carbocycles. The predicted octanol–water partition coefficient (Wildman–Crippen LogP) is 6.32. The number of anilines is 1. The van der Waals surface area contributed by atoms with Crippen LogP contribution in [0, 0.1) is 13.8 Å². The minimum atomic E-state index is 0.0351. The topological polar surface area (TPSA) is 56.2 Å². The lowest BCUT2D eigenvalue weighted by Crippen LogP contribution is -2.16. The van der Waals surface area contributed by atoms with E-state index in [1.165, 1.54) is 11.1 Å². The van der Waals surface area contributed by atoms with E-state index < -0.39 is 0 Å². The van der Waals surface area contributed by atoms with Crippen LogP contribution in [0.5, 0.6) is 5.75 Å². The lowest BCUT2D eigenvalue weighted by Gasteiger charge is -2.20. The fourth-order valence-electron chi connectivity index (χ4n) is 4.17. The van der Waals surface area contributed by atoms with Crippen LogP contribution in [0.25, 0.3) is 5.69 Å². The van der Waals surface area contributed by atoms with E-state index in [9.17, 15) is 4.79 Å². The molecular weight excluding hydrogens is 398 g/mol. The molecule has 3 rings (SSSR count). The van der Waals surface area contributed by atoms with E-state index in [0.29, 0.717) is 24.7 Å². The zero-order chi connectivity index (χ0) is 23.4. The van der Waals surface area contributed by atoms with Crippen molar-refractivity contribution in [3.05, 3.63) is 70.5 Å². The molecule has 1 N–H and O–H groups in total. The average molecular weight is 434 g/mol. The van der Waals surface area contributed by atoms with Gasteiger partial charge < -0.3 is 10.1 Å². The molecule has 0 fully saturated rings. The lowest BCUT2D eigenvalue weighted by atomic mass is 9.92. The molecule has 1 aromatic heterocycles. The molecule has 5 nitrogen and oxygen atoms in total. The fourth-order valence-corrected chi connectivity index (χ4v) is 4.17. The monoisotopic (exact) mass is 433 g/mol. The van der Waals surface area contributed by atoms with Crippen LogP contribution in [-0.2, 0) is 11.2 Å². The number of aromatic nitrogens is 2. The van der Waals surface area contributed by atoms with Crippen LogP contribution in [-0.4, -0.2) is 22.8 Å². The van der Waals surface area contributed by atoms with Crippen molar-refractivity contribution in [3.63, 3.8) is 0 Å². The average Bonchev–Trinajstić information content (AvgIpc) is 3.05. The zero-order valence-corrected chi connectivity index (χ0v) is 20.3. The molecule has 32 heavy (non-hydrogen) atoms. The minimum Gasteiger partial charge on any atom is -0.497 e. The van der Waals surface area contributed by atoms with Gasteiger partial charge in [-0.05, 0) is 60.9 Å². The standard InChI is InChI=1S/C27H35N3O2/c1-17(2)23-12-9-13-24(18(3)4)27(23)28-26(31)15-14-25-19(5)29-30(20(25)6)21-10-8-11-22(16-21)32-7/h8-13,16-18H,14-15H2,1-7H3,(H,28,31). The summed E-state index contributed by atoms with van der Waals surface area (Å²) in [6.07, 6.45) is 1.06. The van der Waals surface area contributed by atoms with E-state index in [1.54, 1.807) is 7.11 Å². The van der Waals surface area contributed by atoms with E-state index in [4.69, 9.17) is 9.84 Å². The molecule has 0 radical (unpaired) electrons. The van der Waals surface area contributed by atoms with E-state index in [2.05, 4.69) is 58.1 Å². The number of ether oxygens (including phenoxy) is 1. The molecule has 5 heteroatoms. The number of aryl methyl sites for hydroxylation is 1. The van der Waals surface area contributed by atoms with Crippen molar-refractivity contribution in [3.8, 4) is 11.4 Å². The normalized spacial score (nSPS) is 11.3. The molecule has 0 unspecified atom stereocenters. The molecule has 0 aliphatic rings. The maximum atomic E-state index is 13.0. The van der Waals surface area contributed by atoms with Crippen LogP contribution in [0.3, 0.4) is 0 Å². The van der Waals surface area contributed by atoms with Crippen molar-refractivity contribution in [2.45, 2.75) is 66.2 Å². The highest BCUT2D eigenvalue weighted by atomic mass is 16.5. The number of amides is 1. The van der Waals surface area contributed by atoms with E-state index >= 15 is 0 Å². The molecule has 3 aromatic rings. The van der Waals surface area contributed by atoms with E-state index in [-0.39, 0.29) is 5.91 Å². The van der Waals surface area contributed by atoms with Gasteiger partial charge in [-0.25, -0.2) is 4.68 Å². The van der Waals surface area contributed by atoms with Crippen LogP contribution < -0.4 is 10.1 Å². The Balaban J connectivity index is 1.79. The second-order valence-corrected chi connectivity index (χ2v) is 8.93. The van der Waals surface area contributed by atoms with Gasteiger partial charge in [0.2, 0.25) is 5.91 Å². The molecule has 0 aliphatic carbocycles. The number of hydrogen-bond donors (Lipinski definition) is 1. The van der Waals surface area contributed by atoms with Crippen LogP contribution in [0.4, 0.5) is 5.69 Å². The third-order valence-corrected chi connectivity index (χ3v) is 5.98. The smallest absolute Gasteiger partial charge is 0.224 e. The van der Waals surface area contributed by atoms with Crippen LogP contribution in [0.15, 0.2) is 42.5 Å². The molecule has 2 aromatic carbocycles. The Labute approximate surface area is 191 Å². The maximum absolute atomic E-state index is 13.0. The van der Waals surface area contributed by atoms with Gasteiger partial charge in [0, 0.05) is 23.9 Å². The quantitative estimate of drug-likeness (QED) is 0.452. The number of hydrogen-bond acceptors (Lipinski definition) is 3. The summed E-state index contributed by atoms with van der Waals surface area (Å²) in [5, 5.41) is 7.94. The van der Waals surface area contributed by atoms with Crippen molar-refractivity contribution in [1.82, 2.24) is 9.78 Å². The SMILES string of the molecule is COc1cccc(-n2nc(C)c(CCC(=O)Nc3c(C(C)C)cccc3C(C)C)c2C)c1. The third kappa shape index (κ3) is 5.04. The highest BCUT2D eigenvalue weighted by Gasteiger charge is 2.18. The van der Waals surface area contributed by atoms with Gasteiger partial charge in [-0.3, -0.25) is 4.79 Å². The van der Waals surface area contributed by atoms with Gasteiger partial charge in [-0.15, -0.1) is 0 Å². The van der Waals surface area contributed by atoms with Gasteiger partial charge in [-0.2, -0.15) is 5.10 Å². The van der Waals surface area contributed by atoms with Crippen molar-refractivity contribution in [2.75, 3.05) is 12.4 Å². The van der Waals surface area contributed by atoms with Crippen LogP contribution in [0.1, 0.15) is 74.0 Å². The summed E-state index contributed by atoms with van der Waals surface area (Å²) in [6, 6.07) is 14.1. The molecule has 0 aliphatic heterocycles. The van der Waals surface area contributed by atoms with Crippen LogP contribution >= 0.6 is 0 Å². The van der Waals surface area contributed by atoms with Gasteiger partial charge in [-0.1, -0.05) is 52.0 Å².